The van der Waals surface area contributed by atoms with Crippen LogP contribution in [0.3, 0.4) is 0 Å². The van der Waals surface area contributed by atoms with Crippen LogP contribution in [0.1, 0.15) is 12.0 Å². The van der Waals surface area contributed by atoms with Crippen molar-refractivity contribution in [3.8, 4) is 0 Å². The molecule has 20 heavy (non-hydrogen) atoms. The molecule has 0 unspecified atom stereocenters. The summed E-state index contributed by atoms with van der Waals surface area (Å²) in [7, 11) is 0. The van der Waals surface area contributed by atoms with Gasteiger partial charge >= 0.3 is 0 Å². The average molecular weight is 291 g/mol. The van der Waals surface area contributed by atoms with Gasteiger partial charge in [0.15, 0.2) is 5.13 Å². The molecule has 0 radical (unpaired) electrons. The van der Waals surface area contributed by atoms with Gasteiger partial charge in [0, 0.05) is 23.6 Å². The second-order valence-corrected chi connectivity index (χ2v) is 5.07. The zero-order chi connectivity index (χ0) is 13.9. The molecule has 2 aromatic rings. The number of hydrogen-bond donors (Lipinski definition) is 1. The summed E-state index contributed by atoms with van der Waals surface area (Å²) in [5, 5.41) is 8.77. The van der Waals surface area contributed by atoms with Crippen molar-refractivity contribution in [2.45, 2.75) is 12.5 Å². The van der Waals surface area contributed by atoms with Gasteiger partial charge in [-0.1, -0.05) is 17.3 Å². The van der Waals surface area contributed by atoms with Crippen molar-refractivity contribution in [2.75, 3.05) is 5.32 Å². The molecule has 2 heterocycles. The molecule has 1 aliphatic heterocycles. The molecule has 1 aromatic heterocycles. The third-order valence-corrected chi connectivity index (χ3v) is 3.47. The molecule has 1 aromatic carbocycles. The maximum atomic E-state index is 13.1. The lowest BCUT2D eigenvalue weighted by Crippen LogP contribution is -2.27. The molecular formula is C13H10FN3O2S. The van der Waals surface area contributed by atoms with Crippen molar-refractivity contribution < 1.29 is 14.0 Å². The fourth-order valence-electron chi connectivity index (χ4n) is 1.83. The molecule has 0 bridgehead atoms. The number of benzene rings is 1. The van der Waals surface area contributed by atoms with E-state index in [1.54, 1.807) is 23.7 Å². The van der Waals surface area contributed by atoms with Gasteiger partial charge < -0.3 is 4.84 Å². The highest BCUT2D eigenvalue weighted by atomic mass is 32.1. The fourth-order valence-corrected chi connectivity index (χ4v) is 2.36. The SMILES string of the molecule is O=C(Nc1nccs1)[C@@H]1CC(c2cccc(F)c2)=NO1. The lowest BCUT2D eigenvalue weighted by Gasteiger charge is -2.06. The van der Waals surface area contributed by atoms with E-state index in [0.717, 1.165) is 0 Å². The molecule has 0 saturated heterocycles. The highest BCUT2D eigenvalue weighted by Gasteiger charge is 2.29. The second-order valence-electron chi connectivity index (χ2n) is 4.17. The summed E-state index contributed by atoms with van der Waals surface area (Å²) in [5.74, 6) is -0.656. The summed E-state index contributed by atoms with van der Waals surface area (Å²) in [6, 6.07) is 6.04. The Kier molecular flexibility index (Phi) is 3.42. The standard InChI is InChI=1S/C13H10FN3O2S/c14-9-3-1-2-8(6-9)10-7-11(19-17-10)12(18)16-13-15-4-5-20-13/h1-6,11H,7H2,(H,15,16,18)/t11-/m0/s1. The van der Waals surface area contributed by atoms with E-state index in [-0.39, 0.29) is 11.7 Å². The molecule has 1 amide bonds. The Hall–Kier alpha value is -2.28. The highest BCUT2D eigenvalue weighted by molar-refractivity contribution is 7.13. The van der Waals surface area contributed by atoms with E-state index in [1.165, 1.54) is 23.5 Å². The maximum Gasteiger partial charge on any atom is 0.270 e. The quantitative estimate of drug-likeness (QED) is 0.944. The van der Waals surface area contributed by atoms with Crippen LogP contribution in [0.25, 0.3) is 0 Å². The van der Waals surface area contributed by atoms with Crippen molar-refractivity contribution in [3.63, 3.8) is 0 Å². The van der Waals surface area contributed by atoms with Crippen LogP contribution in [-0.4, -0.2) is 22.7 Å². The van der Waals surface area contributed by atoms with E-state index in [2.05, 4.69) is 15.5 Å². The number of hydrogen-bond acceptors (Lipinski definition) is 5. The molecular weight excluding hydrogens is 281 g/mol. The molecule has 3 rings (SSSR count). The minimum absolute atomic E-state index is 0.306. The monoisotopic (exact) mass is 291 g/mol. The summed E-state index contributed by atoms with van der Waals surface area (Å²) in [6.07, 6.45) is 1.20. The smallest absolute Gasteiger partial charge is 0.270 e. The van der Waals surface area contributed by atoms with Crippen LogP contribution < -0.4 is 5.32 Å². The zero-order valence-electron chi connectivity index (χ0n) is 10.2. The van der Waals surface area contributed by atoms with Crippen molar-refractivity contribution in [1.82, 2.24) is 4.98 Å². The zero-order valence-corrected chi connectivity index (χ0v) is 11.1. The van der Waals surface area contributed by atoms with Crippen LogP contribution in [0.15, 0.2) is 41.0 Å². The molecule has 102 valence electrons. The first-order chi connectivity index (χ1) is 9.72. The van der Waals surface area contributed by atoms with Crippen LogP contribution in [0.4, 0.5) is 9.52 Å². The van der Waals surface area contributed by atoms with Gasteiger partial charge in [0.25, 0.3) is 5.91 Å². The third-order valence-electron chi connectivity index (χ3n) is 2.78. The number of nitrogens with one attached hydrogen (secondary N) is 1. The lowest BCUT2D eigenvalue weighted by atomic mass is 10.0. The van der Waals surface area contributed by atoms with Gasteiger partial charge in [-0.25, -0.2) is 9.37 Å². The van der Waals surface area contributed by atoms with Crippen LogP contribution in [0, 0.1) is 5.82 Å². The largest absolute Gasteiger partial charge is 0.382 e. The predicted molar refractivity (Wildman–Crippen MR) is 73.2 cm³/mol. The van der Waals surface area contributed by atoms with Gasteiger partial charge in [-0.3, -0.25) is 10.1 Å². The van der Waals surface area contributed by atoms with Crippen molar-refractivity contribution in [1.29, 1.82) is 0 Å². The van der Waals surface area contributed by atoms with Gasteiger partial charge in [-0.15, -0.1) is 11.3 Å². The first kappa shape index (κ1) is 12.7. The summed E-state index contributed by atoms with van der Waals surface area (Å²) >= 11 is 1.32. The first-order valence-electron chi connectivity index (χ1n) is 5.91. The molecule has 1 aliphatic rings. The Morgan fingerprint density at radius 1 is 1.50 bits per heavy atom. The van der Waals surface area contributed by atoms with Crippen LogP contribution in [0.2, 0.25) is 0 Å². The van der Waals surface area contributed by atoms with Crippen molar-refractivity contribution in [3.05, 3.63) is 47.2 Å². The van der Waals surface area contributed by atoms with Gasteiger partial charge in [0.05, 0.1) is 5.71 Å². The van der Waals surface area contributed by atoms with E-state index in [0.29, 0.717) is 22.8 Å². The molecule has 1 N–H and O–H groups in total. The van der Waals surface area contributed by atoms with Crippen molar-refractivity contribution >= 4 is 28.1 Å². The van der Waals surface area contributed by atoms with Gasteiger partial charge in [-0.05, 0) is 12.1 Å². The average Bonchev–Trinajstić information content (AvgIpc) is 3.09. The molecule has 5 nitrogen and oxygen atoms in total. The number of carbonyl (C=O) groups excluding carboxylic acids is 1. The molecule has 0 spiro atoms. The minimum atomic E-state index is -0.711. The number of aromatic nitrogens is 1. The molecule has 0 saturated carbocycles. The maximum absolute atomic E-state index is 13.1. The summed E-state index contributed by atoms with van der Waals surface area (Å²) in [5.41, 5.74) is 1.18. The topological polar surface area (TPSA) is 63.6 Å². The second kappa shape index (κ2) is 5.38. The van der Waals surface area contributed by atoms with Gasteiger partial charge in [0.2, 0.25) is 6.10 Å². The van der Waals surface area contributed by atoms with Gasteiger partial charge in [-0.2, -0.15) is 0 Å². The Morgan fingerprint density at radius 3 is 3.15 bits per heavy atom. The third kappa shape index (κ3) is 2.67. The van der Waals surface area contributed by atoms with E-state index < -0.39 is 6.10 Å². The van der Waals surface area contributed by atoms with Crippen LogP contribution in [0.5, 0.6) is 0 Å². The fraction of sp³-hybridized carbons (Fsp3) is 0.154. The number of nitrogens with zero attached hydrogens (tertiary/aromatic N) is 2. The van der Waals surface area contributed by atoms with E-state index in [9.17, 15) is 9.18 Å². The summed E-state index contributed by atoms with van der Waals surface area (Å²) in [4.78, 5) is 21.0. The number of anilines is 1. The van der Waals surface area contributed by atoms with Crippen LogP contribution in [-0.2, 0) is 9.63 Å². The number of halogens is 1. The number of amides is 1. The molecule has 1 atom stereocenters. The molecule has 0 aliphatic carbocycles. The highest BCUT2D eigenvalue weighted by Crippen LogP contribution is 2.19. The Bertz CT molecular complexity index is 657. The van der Waals surface area contributed by atoms with Crippen molar-refractivity contribution in [2.24, 2.45) is 5.16 Å². The number of rotatable bonds is 3. The summed E-state index contributed by atoms with van der Waals surface area (Å²) in [6.45, 7) is 0. The molecule has 0 fully saturated rings. The number of thiazole rings is 1. The predicted octanol–water partition coefficient (Wildman–Crippen LogP) is 2.41. The van der Waals surface area contributed by atoms with E-state index in [1.807, 2.05) is 0 Å². The Labute approximate surface area is 118 Å². The van der Waals surface area contributed by atoms with E-state index in [4.69, 9.17) is 4.84 Å². The van der Waals surface area contributed by atoms with E-state index >= 15 is 0 Å². The molecule has 7 heteroatoms. The minimum Gasteiger partial charge on any atom is -0.382 e. The van der Waals surface area contributed by atoms with Crippen LogP contribution >= 0.6 is 11.3 Å². The number of oxime groups is 1. The lowest BCUT2D eigenvalue weighted by molar-refractivity contribution is -0.125. The summed E-state index contributed by atoms with van der Waals surface area (Å²) < 4.78 is 13.1. The van der Waals surface area contributed by atoms with Gasteiger partial charge in [0.1, 0.15) is 5.82 Å². The Balaban J connectivity index is 1.65. The normalized spacial score (nSPS) is 17.4. The number of carbonyl (C=O) groups is 1. The Morgan fingerprint density at radius 2 is 2.40 bits per heavy atom. The first-order valence-corrected chi connectivity index (χ1v) is 6.79.